The lowest BCUT2D eigenvalue weighted by molar-refractivity contribution is -0.137. The van der Waals surface area contributed by atoms with Crippen LogP contribution in [0.4, 0.5) is 0 Å². The van der Waals surface area contributed by atoms with Crippen LogP contribution in [0.2, 0.25) is 0 Å². The molecule has 32 heavy (non-hydrogen) atoms. The van der Waals surface area contributed by atoms with Gasteiger partial charge in [0, 0.05) is 36.8 Å². The van der Waals surface area contributed by atoms with Crippen molar-refractivity contribution in [1.82, 2.24) is 10.2 Å². The van der Waals surface area contributed by atoms with E-state index in [0.29, 0.717) is 11.3 Å². The Kier molecular flexibility index (Phi) is 7.64. The Morgan fingerprint density at radius 3 is 2.47 bits per heavy atom. The van der Waals surface area contributed by atoms with Gasteiger partial charge in [0.2, 0.25) is 0 Å². The van der Waals surface area contributed by atoms with Crippen LogP contribution >= 0.6 is 0 Å². The van der Waals surface area contributed by atoms with E-state index in [-0.39, 0.29) is 32.0 Å². The summed E-state index contributed by atoms with van der Waals surface area (Å²) in [5.74, 6) is -0.344. The van der Waals surface area contributed by atoms with Gasteiger partial charge in [0.1, 0.15) is 11.5 Å². The molecule has 0 aliphatic carbocycles. The number of hydrogen-bond donors (Lipinski definition) is 2. The van der Waals surface area contributed by atoms with Gasteiger partial charge in [0.25, 0.3) is 11.8 Å². The number of carbonyl (C=O) groups is 3. The predicted octanol–water partition coefficient (Wildman–Crippen LogP) is 3.19. The maximum absolute atomic E-state index is 12.8. The lowest BCUT2D eigenvalue weighted by atomic mass is 10.1. The highest BCUT2D eigenvalue weighted by Crippen LogP contribution is 2.22. The van der Waals surface area contributed by atoms with Crippen molar-refractivity contribution in [1.29, 1.82) is 0 Å². The maximum Gasteiger partial charge on any atom is 0.305 e. The predicted molar refractivity (Wildman–Crippen MR) is 117 cm³/mol. The molecule has 3 rings (SSSR count). The van der Waals surface area contributed by atoms with Gasteiger partial charge >= 0.3 is 5.97 Å². The zero-order chi connectivity index (χ0) is 22.9. The molecular formula is C24H24N2O6. The Balaban J connectivity index is 1.58. The molecule has 3 aromatic rings. The number of carboxylic acid groups (broad SMARTS) is 1. The second-order valence-electron chi connectivity index (χ2n) is 7.11. The molecule has 1 heterocycles. The highest BCUT2D eigenvalue weighted by atomic mass is 16.5. The molecule has 0 fully saturated rings. The average molecular weight is 436 g/mol. The van der Waals surface area contributed by atoms with E-state index in [1.807, 2.05) is 30.3 Å². The van der Waals surface area contributed by atoms with Gasteiger partial charge in [-0.2, -0.15) is 0 Å². The quantitative estimate of drug-likeness (QED) is 0.505. The Labute approximate surface area is 185 Å². The Bertz CT molecular complexity index is 1060. The zero-order valence-electron chi connectivity index (χ0n) is 17.6. The fraction of sp³-hybridized carbons (Fsp3) is 0.208. The minimum Gasteiger partial charge on any atom is -0.483 e. The molecule has 0 aliphatic rings. The third-order valence-corrected chi connectivity index (χ3v) is 4.68. The molecule has 0 radical (unpaired) electrons. The van der Waals surface area contributed by atoms with E-state index in [0.717, 1.165) is 16.9 Å². The van der Waals surface area contributed by atoms with Crippen molar-refractivity contribution in [3.8, 4) is 17.1 Å². The molecule has 0 unspecified atom stereocenters. The van der Waals surface area contributed by atoms with E-state index in [2.05, 4.69) is 5.32 Å². The van der Waals surface area contributed by atoms with Crippen LogP contribution < -0.4 is 10.1 Å². The molecule has 8 heteroatoms. The van der Waals surface area contributed by atoms with Gasteiger partial charge in [-0.1, -0.05) is 30.3 Å². The molecule has 2 N–H and O–H groups in total. The van der Waals surface area contributed by atoms with Crippen LogP contribution in [0.3, 0.4) is 0 Å². The van der Waals surface area contributed by atoms with Crippen molar-refractivity contribution < 1.29 is 28.6 Å². The van der Waals surface area contributed by atoms with E-state index in [1.54, 1.807) is 48.5 Å². The molecule has 8 nitrogen and oxygen atoms in total. The van der Waals surface area contributed by atoms with Crippen LogP contribution in [0.15, 0.2) is 71.3 Å². The van der Waals surface area contributed by atoms with Crippen molar-refractivity contribution in [3.05, 3.63) is 78.1 Å². The van der Waals surface area contributed by atoms with Crippen LogP contribution in [0, 0.1) is 0 Å². The topological polar surface area (TPSA) is 109 Å². The van der Waals surface area contributed by atoms with Crippen molar-refractivity contribution in [2.24, 2.45) is 0 Å². The Morgan fingerprint density at radius 1 is 1.03 bits per heavy atom. The number of benzene rings is 2. The molecule has 166 valence electrons. The highest BCUT2D eigenvalue weighted by molar-refractivity contribution is 5.94. The summed E-state index contributed by atoms with van der Waals surface area (Å²) in [4.78, 5) is 36.8. The first kappa shape index (κ1) is 22.6. The number of amides is 2. The van der Waals surface area contributed by atoms with Crippen LogP contribution in [-0.2, 0) is 16.1 Å². The summed E-state index contributed by atoms with van der Waals surface area (Å²) in [6, 6.07) is 18.0. The van der Waals surface area contributed by atoms with Crippen LogP contribution in [0.25, 0.3) is 11.3 Å². The fourth-order valence-electron chi connectivity index (χ4n) is 3.05. The van der Waals surface area contributed by atoms with Gasteiger partial charge in [-0.25, -0.2) is 0 Å². The molecule has 0 saturated heterocycles. The molecule has 1 aromatic heterocycles. The number of hydrogen-bond acceptors (Lipinski definition) is 5. The van der Waals surface area contributed by atoms with Gasteiger partial charge in [-0.3, -0.25) is 14.4 Å². The van der Waals surface area contributed by atoms with Crippen LogP contribution in [-0.4, -0.2) is 48.0 Å². The van der Waals surface area contributed by atoms with Gasteiger partial charge in [-0.05, 0) is 30.3 Å². The fourth-order valence-corrected chi connectivity index (χ4v) is 3.05. The molecule has 2 aromatic carbocycles. The van der Waals surface area contributed by atoms with Gasteiger partial charge in [0.15, 0.2) is 6.61 Å². The number of nitrogens with one attached hydrogen (secondary N) is 1. The normalized spacial score (nSPS) is 10.4. The second kappa shape index (κ2) is 10.8. The Morgan fingerprint density at radius 2 is 1.78 bits per heavy atom. The standard InChI is InChI=1S/C24H24N2O6/c1-26(24(30)18-10-8-17(9-11-18)20-7-4-14-31-20)15-19-5-2-3-6-21(19)32-16-22(27)25-13-12-23(28)29/h2-11,14H,12-13,15-16H2,1H3,(H,25,27)(H,28,29). The summed E-state index contributed by atoms with van der Waals surface area (Å²) in [5.41, 5.74) is 2.17. The van der Waals surface area contributed by atoms with E-state index < -0.39 is 11.9 Å². The molecule has 0 atom stereocenters. The number of para-hydroxylation sites is 1. The summed E-state index contributed by atoms with van der Waals surface area (Å²) in [6.07, 6.45) is 1.44. The second-order valence-corrected chi connectivity index (χ2v) is 7.11. The number of carboxylic acids is 1. The third kappa shape index (κ3) is 6.21. The minimum absolute atomic E-state index is 0.0368. The highest BCUT2D eigenvalue weighted by Gasteiger charge is 2.15. The maximum atomic E-state index is 12.8. The average Bonchev–Trinajstić information content (AvgIpc) is 3.33. The van der Waals surface area contributed by atoms with Gasteiger partial charge in [-0.15, -0.1) is 0 Å². The summed E-state index contributed by atoms with van der Waals surface area (Å²) >= 11 is 0. The number of carbonyl (C=O) groups excluding carboxylic acids is 2. The first-order valence-corrected chi connectivity index (χ1v) is 10.0. The Hall–Kier alpha value is -4.07. The van der Waals surface area contributed by atoms with Gasteiger partial charge in [0.05, 0.1) is 12.7 Å². The molecule has 0 bridgehead atoms. The lowest BCUT2D eigenvalue weighted by Gasteiger charge is -2.19. The SMILES string of the molecule is CN(Cc1ccccc1OCC(=O)NCCC(=O)O)C(=O)c1ccc(-c2ccco2)cc1. The zero-order valence-corrected chi connectivity index (χ0v) is 17.6. The molecule has 0 aliphatic heterocycles. The smallest absolute Gasteiger partial charge is 0.305 e. The number of aliphatic carboxylic acids is 1. The first-order valence-electron chi connectivity index (χ1n) is 10.0. The summed E-state index contributed by atoms with van der Waals surface area (Å²) < 4.78 is 11.0. The molecular weight excluding hydrogens is 412 g/mol. The van der Waals surface area contributed by atoms with Crippen LogP contribution in [0.5, 0.6) is 5.75 Å². The summed E-state index contributed by atoms with van der Waals surface area (Å²) in [6.45, 7) is 0.0766. The molecule has 2 amide bonds. The largest absolute Gasteiger partial charge is 0.483 e. The lowest BCUT2D eigenvalue weighted by Crippen LogP contribution is -2.31. The van der Waals surface area contributed by atoms with E-state index >= 15 is 0 Å². The molecule has 0 saturated carbocycles. The van der Waals surface area contributed by atoms with E-state index in [4.69, 9.17) is 14.3 Å². The first-order chi connectivity index (χ1) is 15.4. The molecule has 0 spiro atoms. The van der Waals surface area contributed by atoms with Crippen molar-refractivity contribution >= 4 is 17.8 Å². The number of ether oxygens (including phenoxy) is 1. The summed E-state index contributed by atoms with van der Waals surface area (Å²) in [7, 11) is 1.69. The van der Waals surface area contributed by atoms with Gasteiger partial charge < -0.3 is 24.5 Å². The van der Waals surface area contributed by atoms with Crippen molar-refractivity contribution in [2.75, 3.05) is 20.2 Å². The minimum atomic E-state index is -0.986. The van der Waals surface area contributed by atoms with Crippen molar-refractivity contribution in [3.63, 3.8) is 0 Å². The van der Waals surface area contributed by atoms with E-state index in [1.165, 1.54) is 0 Å². The van der Waals surface area contributed by atoms with Crippen molar-refractivity contribution in [2.45, 2.75) is 13.0 Å². The van der Waals surface area contributed by atoms with E-state index in [9.17, 15) is 14.4 Å². The monoisotopic (exact) mass is 436 g/mol. The number of furan rings is 1. The number of rotatable bonds is 10. The number of nitrogens with zero attached hydrogens (tertiary/aromatic N) is 1. The summed E-state index contributed by atoms with van der Waals surface area (Å²) in [5, 5.41) is 11.1. The van der Waals surface area contributed by atoms with Crippen LogP contribution in [0.1, 0.15) is 22.3 Å². The third-order valence-electron chi connectivity index (χ3n) is 4.68.